The van der Waals surface area contributed by atoms with E-state index < -0.39 is 10.8 Å². The van der Waals surface area contributed by atoms with Gasteiger partial charge in [-0.15, -0.1) is 0 Å². The molecule has 1 amide bonds. The number of furan rings is 1. The van der Waals surface area contributed by atoms with Crippen LogP contribution in [0.1, 0.15) is 19.1 Å². The lowest BCUT2D eigenvalue weighted by molar-refractivity contribution is -0.384. The molecule has 0 fully saturated rings. The predicted octanol–water partition coefficient (Wildman–Crippen LogP) is 3.30. The van der Waals surface area contributed by atoms with E-state index in [-0.39, 0.29) is 11.3 Å². The fourth-order valence-corrected chi connectivity index (χ4v) is 2.26. The Hall–Kier alpha value is -3.44. The molecule has 0 atom stereocenters. The summed E-state index contributed by atoms with van der Waals surface area (Å²) < 4.78 is 10.8. The van der Waals surface area contributed by atoms with Crippen molar-refractivity contribution in [3.63, 3.8) is 0 Å². The quantitative estimate of drug-likeness (QED) is 0.238. The summed E-state index contributed by atoms with van der Waals surface area (Å²) in [5.41, 5.74) is 0.388. The molecule has 0 aliphatic heterocycles. The summed E-state index contributed by atoms with van der Waals surface area (Å²) >= 11 is 0. The lowest BCUT2D eigenvalue weighted by Crippen LogP contribution is -2.26. The van der Waals surface area contributed by atoms with E-state index in [1.807, 2.05) is 13.0 Å². The van der Waals surface area contributed by atoms with Gasteiger partial charge in [0.05, 0.1) is 4.92 Å². The number of hydrogen-bond donors (Lipinski definition) is 1. The number of hydrogen-bond acceptors (Lipinski definition) is 6. The number of carbonyl (C=O) groups is 1. The van der Waals surface area contributed by atoms with E-state index in [0.717, 1.165) is 0 Å². The van der Waals surface area contributed by atoms with Gasteiger partial charge in [0, 0.05) is 43.5 Å². The molecule has 2 rings (SSSR count). The predicted molar refractivity (Wildman–Crippen MR) is 98.5 cm³/mol. The molecule has 8 heteroatoms. The number of rotatable bonds is 9. The SMILES string of the molecule is CCOCCCNC(=O)/C(C#N)=C/c1ccc(-c2cccc([N+](=O)[O-])c2)o1. The van der Waals surface area contributed by atoms with E-state index in [2.05, 4.69) is 5.32 Å². The number of nitro benzene ring substituents is 1. The summed E-state index contributed by atoms with van der Waals surface area (Å²) in [6, 6.07) is 11.1. The lowest BCUT2D eigenvalue weighted by Gasteiger charge is -2.04. The third-order valence-corrected chi connectivity index (χ3v) is 3.58. The highest BCUT2D eigenvalue weighted by molar-refractivity contribution is 6.01. The zero-order valence-electron chi connectivity index (χ0n) is 14.8. The molecule has 0 spiro atoms. The standard InChI is InChI=1S/C19H19N3O5/c1-2-26-10-4-9-21-19(23)15(13-20)12-17-7-8-18(27-17)14-5-3-6-16(11-14)22(24)25/h3,5-8,11-12H,2,4,9-10H2,1H3,(H,21,23)/b15-12+. The van der Waals surface area contributed by atoms with Crippen molar-refractivity contribution in [2.24, 2.45) is 0 Å². The van der Waals surface area contributed by atoms with Gasteiger partial charge in [-0.1, -0.05) is 12.1 Å². The second-order valence-corrected chi connectivity index (χ2v) is 5.49. The molecule has 2 aromatic rings. The Kier molecular flexibility index (Phi) is 7.28. The van der Waals surface area contributed by atoms with Crippen molar-refractivity contribution in [1.82, 2.24) is 5.32 Å². The minimum absolute atomic E-state index is 0.0508. The van der Waals surface area contributed by atoms with Gasteiger partial charge in [-0.25, -0.2) is 0 Å². The van der Waals surface area contributed by atoms with Crippen LogP contribution in [-0.4, -0.2) is 30.6 Å². The van der Waals surface area contributed by atoms with Crippen molar-refractivity contribution in [2.45, 2.75) is 13.3 Å². The van der Waals surface area contributed by atoms with E-state index in [4.69, 9.17) is 9.15 Å². The summed E-state index contributed by atoms with van der Waals surface area (Å²) in [6.07, 6.45) is 1.98. The number of nitrogens with one attached hydrogen (secondary N) is 1. The highest BCUT2D eigenvalue weighted by atomic mass is 16.6. The van der Waals surface area contributed by atoms with Gasteiger partial charge in [0.2, 0.25) is 0 Å². The van der Waals surface area contributed by atoms with Crippen LogP contribution >= 0.6 is 0 Å². The molecule has 140 valence electrons. The number of nitrogens with zero attached hydrogens (tertiary/aromatic N) is 2. The van der Waals surface area contributed by atoms with E-state index >= 15 is 0 Å². The van der Waals surface area contributed by atoms with E-state index in [1.165, 1.54) is 18.2 Å². The second kappa shape index (κ2) is 9.89. The normalized spacial score (nSPS) is 11.0. The number of nitriles is 1. The Labute approximate surface area is 156 Å². The van der Waals surface area contributed by atoms with Gasteiger partial charge >= 0.3 is 0 Å². The first-order chi connectivity index (χ1) is 13.0. The van der Waals surface area contributed by atoms with Gasteiger partial charge in [0.25, 0.3) is 11.6 Å². The number of amides is 1. The van der Waals surface area contributed by atoms with Gasteiger partial charge in [-0.3, -0.25) is 14.9 Å². The molecule has 0 aliphatic carbocycles. The third-order valence-electron chi connectivity index (χ3n) is 3.58. The van der Waals surface area contributed by atoms with Crippen LogP contribution in [-0.2, 0) is 9.53 Å². The van der Waals surface area contributed by atoms with E-state index in [0.29, 0.717) is 43.3 Å². The van der Waals surface area contributed by atoms with Crippen LogP contribution in [0.25, 0.3) is 17.4 Å². The van der Waals surface area contributed by atoms with Gasteiger partial charge < -0.3 is 14.5 Å². The molecule has 1 aromatic heterocycles. The zero-order valence-corrected chi connectivity index (χ0v) is 14.8. The number of nitro groups is 1. The molecule has 8 nitrogen and oxygen atoms in total. The maximum Gasteiger partial charge on any atom is 0.270 e. The van der Waals surface area contributed by atoms with Gasteiger partial charge in [-0.2, -0.15) is 5.26 Å². The summed E-state index contributed by atoms with van der Waals surface area (Å²) in [5, 5.41) is 22.7. The van der Waals surface area contributed by atoms with Crippen molar-refractivity contribution in [3.8, 4) is 17.4 Å². The summed E-state index contributed by atoms with van der Waals surface area (Å²) in [4.78, 5) is 22.4. The maximum atomic E-state index is 12.0. The Bertz CT molecular complexity index is 879. The summed E-state index contributed by atoms with van der Waals surface area (Å²) in [7, 11) is 0. The highest BCUT2D eigenvalue weighted by Gasteiger charge is 2.12. The van der Waals surface area contributed by atoms with E-state index in [1.54, 1.807) is 24.3 Å². The minimum Gasteiger partial charge on any atom is -0.457 e. The molecule has 0 saturated heterocycles. The molecule has 0 unspecified atom stereocenters. The second-order valence-electron chi connectivity index (χ2n) is 5.49. The summed E-state index contributed by atoms with van der Waals surface area (Å²) in [6.45, 7) is 3.44. The monoisotopic (exact) mass is 369 g/mol. The first-order valence-electron chi connectivity index (χ1n) is 8.37. The third kappa shape index (κ3) is 5.80. The maximum absolute atomic E-state index is 12.0. The van der Waals surface area contributed by atoms with Crippen LogP contribution in [0.4, 0.5) is 5.69 Å². The van der Waals surface area contributed by atoms with Crippen molar-refractivity contribution in [2.75, 3.05) is 19.8 Å². The topological polar surface area (TPSA) is 118 Å². The minimum atomic E-state index is -0.498. The average molecular weight is 369 g/mol. The van der Waals surface area contributed by atoms with Crippen molar-refractivity contribution >= 4 is 17.7 Å². The Morgan fingerprint density at radius 2 is 2.22 bits per heavy atom. The molecule has 27 heavy (non-hydrogen) atoms. The Morgan fingerprint density at radius 1 is 1.41 bits per heavy atom. The van der Waals surface area contributed by atoms with Gasteiger partial charge in [-0.05, 0) is 25.5 Å². The largest absolute Gasteiger partial charge is 0.457 e. The van der Waals surface area contributed by atoms with Crippen LogP contribution in [0.5, 0.6) is 0 Å². The first kappa shape index (κ1) is 19.9. The van der Waals surface area contributed by atoms with Crippen LogP contribution in [0, 0.1) is 21.4 Å². The smallest absolute Gasteiger partial charge is 0.270 e. The zero-order chi connectivity index (χ0) is 19.6. The van der Waals surface area contributed by atoms with Crippen molar-refractivity contribution < 1.29 is 18.9 Å². The fourth-order valence-electron chi connectivity index (χ4n) is 2.26. The molecule has 0 aliphatic rings. The number of carbonyl (C=O) groups excluding carboxylic acids is 1. The molecular formula is C19H19N3O5. The van der Waals surface area contributed by atoms with Crippen LogP contribution < -0.4 is 5.32 Å². The van der Waals surface area contributed by atoms with E-state index in [9.17, 15) is 20.2 Å². The molecule has 0 bridgehead atoms. The number of non-ortho nitro benzene ring substituents is 1. The average Bonchev–Trinajstić information content (AvgIpc) is 3.14. The molecule has 0 saturated carbocycles. The highest BCUT2D eigenvalue weighted by Crippen LogP contribution is 2.26. The van der Waals surface area contributed by atoms with Crippen LogP contribution in [0.3, 0.4) is 0 Å². The fraction of sp³-hybridized carbons (Fsp3) is 0.263. The molecule has 1 N–H and O–H groups in total. The number of benzene rings is 1. The van der Waals surface area contributed by atoms with Gasteiger partial charge in [0.1, 0.15) is 23.2 Å². The van der Waals surface area contributed by atoms with Gasteiger partial charge in [0.15, 0.2) is 0 Å². The molecule has 1 heterocycles. The Morgan fingerprint density at radius 3 is 2.93 bits per heavy atom. The van der Waals surface area contributed by atoms with Crippen LogP contribution in [0.2, 0.25) is 0 Å². The molecule has 1 aromatic carbocycles. The first-order valence-corrected chi connectivity index (χ1v) is 8.37. The lowest BCUT2D eigenvalue weighted by atomic mass is 10.1. The Balaban J connectivity index is 2.07. The summed E-state index contributed by atoms with van der Waals surface area (Å²) in [5.74, 6) is 0.208. The van der Waals surface area contributed by atoms with Crippen molar-refractivity contribution in [1.29, 1.82) is 5.26 Å². The molecular weight excluding hydrogens is 350 g/mol. The number of ether oxygens (including phenoxy) is 1. The van der Waals surface area contributed by atoms with Crippen LogP contribution in [0.15, 0.2) is 46.4 Å². The molecule has 0 radical (unpaired) electrons. The van der Waals surface area contributed by atoms with Crippen molar-refractivity contribution in [3.05, 3.63) is 57.8 Å².